The monoisotopic (exact) mass is 410 g/mol. The number of amides is 3. The zero-order valence-electron chi connectivity index (χ0n) is 18.9. The molecular weight excluding hydrogens is 376 g/mol. The Hall–Kier alpha value is -2.86. The molecule has 2 rings (SSSR count). The second-order valence-corrected chi connectivity index (χ2v) is 7.96. The molecule has 30 heavy (non-hydrogen) atoms. The molecule has 0 saturated heterocycles. The third-order valence-corrected chi connectivity index (χ3v) is 5.20. The minimum Gasteiger partial charge on any atom is -0.336 e. The van der Waals surface area contributed by atoms with E-state index < -0.39 is 0 Å². The van der Waals surface area contributed by atoms with E-state index in [0.29, 0.717) is 6.54 Å². The molecule has 162 valence electrons. The Balaban J connectivity index is 1.86. The lowest BCUT2D eigenvalue weighted by atomic mass is 10.0. The molecule has 6 nitrogen and oxygen atoms in total. The summed E-state index contributed by atoms with van der Waals surface area (Å²) in [7, 11) is 3.97. The van der Waals surface area contributed by atoms with E-state index in [1.165, 1.54) is 5.56 Å². The highest BCUT2D eigenvalue weighted by atomic mass is 16.2. The number of carbonyl (C=O) groups excluding carboxylic acids is 2. The Morgan fingerprint density at radius 2 is 1.57 bits per heavy atom. The summed E-state index contributed by atoms with van der Waals surface area (Å²) >= 11 is 0. The van der Waals surface area contributed by atoms with Crippen molar-refractivity contribution < 1.29 is 9.59 Å². The normalized spacial score (nSPS) is 11.8. The van der Waals surface area contributed by atoms with Gasteiger partial charge in [0.05, 0.1) is 12.6 Å². The van der Waals surface area contributed by atoms with Crippen LogP contribution in [0.2, 0.25) is 0 Å². The van der Waals surface area contributed by atoms with E-state index in [-0.39, 0.29) is 24.5 Å². The first kappa shape index (κ1) is 23.4. The summed E-state index contributed by atoms with van der Waals surface area (Å²) < 4.78 is 0. The lowest BCUT2D eigenvalue weighted by Gasteiger charge is -2.25. The van der Waals surface area contributed by atoms with Crippen molar-refractivity contribution in [3.05, 3.63) is 64.2 Å². The van der Waals surface area contributed by atoms with Crippen molar-refractivity contribution >= 4 is 17.6 Å². The topological polar surface area (TPSA) is 73.5 Å². The number of rotatable bonds is 8. The highest BCUT2D eigenvalue weighted by Crippen LogP contribution is 2.21. The second kappa shape index (κ2) is 10.8. The molecular formula is C24H34N4O2. The molecule has 0 aliphatic rings. The molecule has 0 aromatic heterocycles. The first-order valence-corrected chi connectivity index (χ1v) is 10.4. The highest BCUT2D eigenvalue weighted by Gasteiger charge is 2.16. The average Bonchev–Trinajstić information content (AvgIpc) is 2.69. The molecule has 6 heteroatoms. The van der Waals surface area contributed by atoms with Gasteiger partial charge in [0.2, 0.25) is 5.91 Å². The molecule has 0 saturated carbocycles. The lowest BCUT2D eigenvalue weighted by molar-refractivity contribution is -0.115. The van der Waals surface area contributed by atoms with Crippen molar-refractivity contribution in [1.29, 1.82) is 0 Å². The Kier molecular flexibility index (Phi) is 8.42. The van der Waals surface area contributed by atoms with Crippen molar-refractivity contribution in [3.8, 4) is 0 Å². The van der Waals surface area contributed by atoms with Gasteiger partial charge in [-0.25, -0.2) is 4.79 Å². The van der Waals surface area contributed by atoms with Crippen LogP contribution in [0.1, 0.15) is 40.8 Å². The van der Waals surface area contributed by atoms with Gasteiger partial charge >= 0.3 is 6.03 Å². The summed E-state index contributed by atoms with van der Waals surface area (Å²) in [5.74, 6) is -0.250. The average molecular weight is 411 g/mol. The molecule has 2 aromatic rings. The van der Waals surface area contributed by atoms with Crippen molar-refractivity contribution in [2.45, 2.75) is 40.2 Å². The standard InChI is InChI=1S/C24H34N4O2/c1-7-19-8-10-20(11-9-19)21(28(5)6)14-25-24(30)26-15-22(29)27-23-17(3)12-16(2)13-18(23)4/h8-13,21H,7,14-15H2,1-6H3,(H,27,29)(H2,25,26,30). The Morgan fingerprint density at radius 1 is 0.967 bits per heavy atom. The van der Waals surface area contributed by atoms with Crippen molar-refractivity contribution in [2.24, 2.45) is 0 Å². The van der Waals surface area contributed by atoms with Crippen LogP contribution >= 0.6 is 0 Å². The maximum Gasteiger partial charge on any atom is 0.315 e. The van der Waals surface area contributed by atoms with Crippen LogP contribution in [0.15, 0.2) is 36.4 Å². The predicted octanol–water partition coefficient (Wildman–Crippen LogP) is 3.71. The molecule has 0 heterocycles. The SMILES string of the molecule is CCc1ccc(C(CNC(=O)NCC(=O)Nc2c(C)cc(C)cc2C)N(C)C)cc1. The second-order valence-electron chi connectivity index (χ2n) is 7.96. The van der Waals surface area contributed by atoms with E-state index in [1.807, 2.05) is 47.0 Å². The largest absolute Gasteiger partial charge is 0.336 e. The van der Waals surface area contributed by atoms with Crippen molar-refractivity contribution in [3.63, 3.8) is 0 Å². The predicted molar refractivity (Wildman–Crippen MR) is 123 cm³/mol. The van der Waals surface area contributed by atoms with Crippen LogP contribution < -0.4 is 16.0 Å². The van der Waals surface area contributed by atoms with Gasteiger partial charge in [-0.3, -0.25) is 4.79 Å². The molecule has 2 aromatic carbocycles. The van der Waals surface area contributed by atoms with Gasteiger partial charge in [0.25, 0.3) is 0 Å². The van der Waals surface area contributed by atoms with Crippen LogP contribution in [0, 0.1) is 20.8 Å². The number of aryl methyl sites for hydroxylation is 4. The van der Waals surface area contributed by atoms with Gasteiger partial charge in [-0.1, -0.05) is 48.9 Å². The number of hydrogen-bond acceptors (Lipinski definition) is 3. The quantitative estimate of drug-likeness (QED) is 0.621. The number of urea groups is 1. The van der Waals surface area contributed by atoms with Gasteiger partial charge in [0.15, 0.2) is 0 Å². The van der Waals surface area contributed by atoms with Crippen LogP contribution in [0.3, 0.4) is 0 Å². The number of hydrogen-bond donors (Lipinski definition) is 3. The third-order valence-electron chi connectivity index (χ3n) is 5.20. The van der Waals surface area contributed by atoms with Gasteiger partial charge in [0, 0.05) is 12.2 Å². The highest BCUT2D eigenvalue weighted by molar-refractivity contribution is 5.95. The first-order chi connectivity index (χ1) is 14.2. The number of anilines is 1. The summed E-state index contributed by atoms with van der Waals surface area (Å²) in [5.41, 5.74) is 6.39. The number of carbonyl (C=O) groups is 2. The molecule has 0 fully saturated rings. The minimum atomic E-state index is -0.362. The lowest BCUT2D eigenvalue weighted by Crippen LogP contribution is -2.43. The zero-order valence-corrected chi connectivity index (χ0v) is 18.9. The summed E-state index contributed by atoms with van der Waals surface area (Å²) in [5, 5.41) is 8.40. The summed E-state index contributed by atoms with van der Waals surface area (Å²) in [6.07, 6.45) is 0.997. The van der Waals surface area contributed by atoms with Crippen LogP contribution in [0.4, 0.5) is 10.5 Å². The number of nitrogens with one attached hydrogen (secondary N) is 3. The van der Waals surface area contributed by atoms with Gasteiger partial charge in [-0.05, 0) is 63.5 Å². The van der Waals surface area contributed by atoms with Gasteiger partial charge < -0.3 is 20.9 Å². The summed E-state index contributed by atoms with van der Waals surface area (Å²) in [4.78, 5) is 26.6. The van der Waals surface area contributed by atoms with Crippen molar-refractivity contribution in [2.75, 3.05) is 32.5 Å². The fourth-order valence-electron chi connectivity index (χ4n) is 3.55. The third kappa shape index (κ3) is 6.59. The van der Waals surface area contributed by atoms with E-state index >= 15 is 0 Å². The minimum absolute atomic E-state index is 0.0494. The Labute approximate surface area is 180 Å². The smallest absolute Gasteiger partial charge is 0.315 e. The fraction of sp³-hybridized carbons (Fsp3) is 0.417. The van der Waals surface area contributed by atoms with Crippen LogP contribution in [-0.2, 0) is 11.2 Å². The Morgan fingerprint density at radius 3 is 2.10 bits per heavy atom. The van der Waals surface area contributed by atoms with E-state index in [4.69, 9.17) is 0 Å². The van der Waals surface area contributed by atoms with Crippen molar-refractivity contribution in [1.82, 2.24) is 15.5 Å². The number of nitrogens with zero attached hydrogens (tertiary/aromatic N) is 1. The summed E-state index contributed by atoms with van der Waals surface area (Å²) in [6, 6.07) is 12.2. The van der Waals surface area contributed by atoms with E-state index in [0.717, 1.165) is 34.4 Å². The van der Waals surface area contributed by atoms with Gasteiger partial charge in [-0.2, -0.15) is 0 Å². The molecule has 3 amide bonds. The summed E-state index contributed by atoms with van der Waals surface area (Å²) in [6.45, 7) is 8.44. The van der Waals surface area contributed by atoms with Crippen LogP contribution in [0.25, 0.3) is 0 Å². The van der Waals surface area contributed by atoms with Gasteiger partial charge in [0.1, 0.15) is 0 Å². The zero-order chi connectivity index (χ0) is 22.3. The van der Waals surface area contributed by atoms with Gasteiger partial charge in [-0.15, -0.1) is 0 Å². The molecule has 0 aliphatic heterocycles. The number of likely N-dealkylation sites (N-methyl/N-ethyl adjacent to an activating group) is 1. The van der Waals surface area contributed by atoms with E-state index in [9.17, 15) is 9.59 Å². The molecule has 0 spiro atoms. The van der Waals surface area contributed by atoms with Crippen LogP contribution in [0.5, 0.6) is 0 Å². The van der Waals surface area contributed by atoms with Crippen LogP contribution in [-0.4, -0.2) is 44.0 Å². The Bertz CT molecular complexity index is 852. The van der Waals surface area contributed by atoms with E-state index in [2.05, 4.69) is 52.0 Å². The first-order valence-electron chi connectivity index (χ1n) is 10.4. The van der Waals surface area contributed by atoms with E-state index in [1.54, 1.807) is 0 Å². The maximum absolute atomic E-state index is 12.3. The number of benzene rings is 2. The molecule has 0 radical (unpaired) electrons. The molecule has 3 N–H and O–H groups in total. The molecule has 1 unspecified atom stereocenters. The molecule has 1 atom stereocenters. The maximum atomic E-state index is 12.3. The molecule has 0 aliphatic carbocycles. The fourth-order valence-corrected chi connectivity index (χ4v) is 3.55. The molecule has 0 bridgehead atoms.